The summed E-state index contributed by atoms with van der Waals surface area (Å²) in [6, 6.07) is 8.28. The maximum Gasteiger partial charge on any atom is 0.0998 e. The van der Waals surface area contributed by atoms with E-state index in [2.05, 4.69) is 24.9 Å². The topological polar surface area (TPSA) is 36.7 Å². The van der Waals surface area contributed by atoms with E-state index in [9.17, 15) is 5.26 Å². The summed E-state index contributed by atoms with van der Waals surface area (Å²) >= 11 is 0. The minimum absolute atomic E-state index is 0.295. The lowest BCUT2D eigenvalue weighted by Crippen LogP contribution is -2.42. The summed E-state index contributed by atoms with van der Waals surface area (Å²) in [5.74, 6) is 1.36. The first-order valence-corrected chi connectivity index (χ1v) is 5.51. The molecule has 1 fully saturated rings. The Hall–Kier alpha value is -1.36. The summed E-state index contributed by atoms with van der Waals surface area (Å²) in [7, 11) is 0. The SMILES string of the molecule is CC(C)[C@H]1C[C@](C#N)(c2ccccn2)C1. The lowest BCUT2D eigenvalue weighted by Gasteiger charge is -2.44. The first-order chi connectivity index (χ1) is 7.18. The molecule has 78 valence electrons. The molecule has 1 aliphatic carbocycles. The van der Waals surface area contributed by atoms with Crippen LogP contribution in [0.4, 0.5) is 0 Å². The Bertz CT molecular complexity index is 369. The Morgan fingerprint density at radius 3 is 2.67 bits per heavy atom. The molecule has 1 saturated carbocycles. The summed E-state index contributed by atoms with van der Waals surface area (Å²) in [4.78, 5) is 4.32. The van der Waals surface area contributed by atoms with Gasteiger partial charge in [-0.25, -0.2) is 0 Å². The van der Waals surface area contributed by atoms with Crippen LogP contribution >= 0.6 is 0 Å². The number of nitrogens with zero attached hydrogens (tertiary/aromatic N) is 2. The normalized spacial score (nSPS) is 29.6. The molecule has 0 saturated heterocycles. The lowest BCUT2D eigenvalue weighted by atomic mass is 9.58. The van der Waals surface area contributed by atoms with E-state index in [1.54, 1.807) is 6.20 Å². The van der Waals surface area contributed by atoms with Gasteiger partial charge in [0.2, 0.25) is 0 Å². The standard InChI is InChI=1S/C13H16N2/c1-10(2)11-7-13(8-11,9-14)12-5-3-4-6-15-12/h3-6,10-11H,7-8H2,1-2H3/t11-,13-. The highest BCUT2D eigenvalue weighted by Gasteiger charge is 2.47. The van der Waals surface area contributed by atoms with Crippen LogP contribution in [0.1, 0.15) is 32.4 Å². The van der Waals surface area contributed by atoms with E-state index < -0.39 is 0 Å². The molecule has 2 rings (SSSR count). The van der Waals surface area contributed by atoms with Gasteiger partial charge in [-0.3, -0.25) is 4.98 Å². The van der Waals surface area contributed by atoms with Crippen LogP contribution in [0.2, 0.25) is 0 Å². The van der Waals surface area contributed by atoms with Gasteiger partial charge in [0.15, 0.2) is 0 Å². The van der Waals surface area contributed by atoms with E-state index in [4.69, 9.17) is 0 Å². The molecular formula is C13H16N2. The molecule has 2 heteroatoms. The molecule has 0 atom stereocenters. The Balaban J connectivity index is 2.19. The van der Waals surface area contributed by atoms with Gasteiger partial charge >= 0.3 is 0 Å². The summed E-state index contributed by atoms with van der Waals surface area (Å²) in [5, 5.41) is 9.30. The monoisotopic (exact) mass is 200 g/mol. The van der Waals surface area contributed by atoms with Crippen LogP contribution in [0.3, 0.4) is 0 Å². The average molecular weight is 200 g/mol. The first kappa shape index (κ1) is 10.2. The third-order valence-corrected chi connectivity index (χ3v) is 3.53. The quantitative estimate of drug-likeness (QED) is 0.736. The molecule has 0 unspecified atom stereocenters. The van der Waals surface area contributed by atoms with Crippen LogP contribution in [-0.2, 0) is 5.41 Å². The maximum absolute atomic E-state index is 9.30. The Kier molecular flexibility index (Phi) is 2.48. The number of pyridine rings is 1. The lowest BCUT2D eigenvalue weighted by molar-refractivity contribution is 0.141. The van der Waals surface area contributed by atoms with Crippen LogP contribution in [0, 0.1) is 23.2 Å². The molecule has 0 amide bonds. The molecule has 2 nitrogen and oxygen atoms in total. The zero-order valence-corrected chi connectivity index (χ0v) is 9.27. The summed E-state index contributed by atoms with van der Waals surface area (Å²) in [6.07, 6.45) is 3.72. The van der Waals surface area contributed by atoms with Crippen LogP contribution in [0.15, 0.2) is 24.4 Å². The van der Waals surface area contributed by atoms with Crippen molar-refractivity contribution in [1.82, 2.24) is 4.98 Å². The van der Waals surface area contributed by atoms with Gasteiger partial charge in [-0.2, -0.15) is 5.26 Å². The van der Waals surface area contributed by atoms with Gasteiger partial charge in [0.1, 0.15) is 0 Å². The molecule has 0 bridgehead atoms. The Morgan fingerprint density at radius 2 is 2.20 bits per heavy atom. The van der Waals surface area contributed by atoms with E-state index in [1.807, 2.05) is 18.2 Å². The highest BCUT2D eigenvalue weighted by Crippen LogP contribution is 2.49. The average Bonchev–Trinajstić information content (AvgIpc) is 2.18. The van der Waals surface area contributed by atoms with Crippen molar-refractivity contribution in [2.75, 3.05) is 0 Å². The Labute approximate surface area is 91.0 Å². The summed E-state index contributed by atoms with van der Waals surface area (Å²) < 4.78 is 0. The molecule has 0 N–H and O–H groups in total. The van der Waals surface area contributed by atoms with Crippen LogP contribution in [-0.4, -0.2) is 4.98 Å². The molecular weight excluding hydrogens is 184 g/mol. The van der Waals surface area contributed by atoms with Crippen molar-refractivity contribution in [1.29, 1.82) is 5.26 Å². The molecule has 1 aliphatic rings. The molecule has 1 aromatic heterocycles. The van der Waals surface area contributed by atoms with Gasteiger partial charge in [0.05, 0.1) is 17.2 Å². The van der Waals surface area contributed by atoms with Crippen LogP contribution in [0.5, 0.6) is 0 Å². The van der Waals surface area contributed by atoms with E-state index in [1.165, 1.54) is 0 Å². The fourth-order valence-electron chi connectivity index (χ4n) is 2.31. The molecule has 0 aromatic carbocycles. The number of hydrogen-bond acceptors (Lipinski definition) is 2. The van der Waals surface area contributed by atoms with Crippen molar-refractivity contribution >= 4 is 0 Å². The third-order valence-electron chi connectivity index (χ3n) is 3.53. The first-order valence-electron chi connectivity index (χ1n) is 5.51. The summed E-state index contributed by atoms with van der Waals surface area (Å²) in [6.45, 7) is 4.45. The minimum atomic E-state index is -0.295. The van der Waals surface area contributed by atoms with Crippen LogP contribution in [0.25, 0.3) is 0 Å². The number of nitriles is 1. The molecule has 1 aromatic rings. The molecule has 0 radical (unpaired) electrons. The van der Waals surface area contributed by atoms with Crippen molar-refractivity contribution in [3.8, 4) is 6.07 Å². The van der Waals surface area contributed by atoms with Crippen molar-refractivity contribution in [2.24, 2.45) is 11.8 Å². The maximum atomic E-state index is 9.30. The second-order valence-corrected chi connectivity index (χ2v) is 4.82. The fraction of sp³-hybridized carbons (Fsp3) is 0.538. The van der Waals surface area contributed by atoms with Gasteiger partial charge in [-0.15, -0.1) is 0 Å². The fourth-order valence-corrected chi connectivity index (χ4v) is 2.31. The number of hydrogen-bond donors (Lipinski definition) is 0. The molecule has 0 spiro atoms. The van der Waals surface area contributed by atoms with Gasteiger partial charge in [0.25, 0.3) is 0 Å². The largest absolute Gasteiger partial charge is 0.260 e. The Morgan fingerprint density at radius 1 is 1.47 bits per heavy atom. The highest BCUT2D eigenvalue weighted by atomic mass is 14.7. The van der Waals surface area contributed by atoms with Crippen molar-refractivity contribution in [3.05, 3.63) is 30.1 Å². The number of rotatable bonds is 2. The van der Waals surface area contributed by atoms with Gasteiger partial charge in [0, 0.05) is 6.20 Å². The van der Waals surface area contributed by atoms with Gasteiger partial charge in [-0.05, 0) is 36.8 Å². The second kappa shape index (κ2) is 3.66. The highest BCUT2D eigenvalue weighted by molar-refractivity contribution is 5.30. The number of aromatic nitrogens is 1. The zero-order valence-electron chi connectivity index (χ0n) is 9.27. The molecule has 0 aliphatic heterocycles. The van der Waals surface area contributed by atoms with Gasteiger partial charge in [-0.1, -0.05) is 19.9 Å². The van der Waals surface area contributed by atoms with Crippen molar-refractivity contribution in [3.63, 3.8) is 0 Å². The predicted octanol–water partition coefficient (Wildman–Crippen LogP) is 2.91. The minimum Gasteiger partial charge on any atom is -0.260 e. The van der Waals surface area contributed by atoms with E-state index >= 15 is 0 Å². The van der Waals surface area contributed by atoms with Crippen molar-refractivity contribution in [2.45, 2.75) is 32.1 Å². The van der Waals surface area contributed by atoms with E-state index in [0.717, 1.165) is 18.5 Å². The molecule has 15 heavy (non-hydrogen) atoms. The zero-order chi connectivity index (χ0) is 10.9. The predicted molar refractivity (Wildman–Crippen MR) is 59.1 cm³/mol. The molecule has 1 heterocycles. The van der Waals surface area contributed by atoms with Gasteiger partial charge < -0.3 is 0 Å². The van der Waals surface area contributed by atoms with E-state index in [-0.39, 0.29) is 5.41 Å². The smallest absolute Gasteiger partial charge is 0.0998 e. The van der Waals surface area contributed by atoms with Crippen molar-refractivity contribution < 1.29 is 0 Å². The van der Waals surface area contributed by atoms with E-state index in [0.29, 0.717) is 11.8 Å². The van der Waals surface area contributed by atoms with Crippen LogP contribution < -0.4 is 0 Å². The third kappa shape index (κ3) is 1.63. The summed E-state index contributed by atoms with van der Waals surface area (Å²) in [5.41, 5.74) is 0.653. The second-order valence-electron chi connectivity index (χ2n) is 4.82.